The topological polar surface area (TPSA) is 55.1 Å². The Morgan fingerprint density at radius 2 is 1.84 bits per heavy atom. The molecule has 4 aromatic rings. The molecule has 0 aliphatic heterocycles. The molecule has 0 aliphatic rings. The van der Waals surface area contributed by atoms with Crippen molar-refractivity contribution in [1.29, 1.82) is 0 Å². The lowest BCUT2D eigenvalue weighted by Crippen LogP contribution is -2.09. The van der Waals surface area contributed by atoms with Gasteiger partial charge >= 0.3 is 0 Å². The smallest absolute Gasteiger partial charge is 0.154 e. The maximum Gasteiger partial charge on any atom is 0.154 e. The Kier molecular flexibility index (Phi) is 4.12. The highest BCUT2D eigenvalue weighted by atomic mass is 15.3. The minimum atomic E-state index is 0.782. The molecule has 0 fully saturated rings. The highest BCUT2D eigenvalue weighted by Gasteiger charge is 2.08. The summed E-state index contributed by atoms with van der Waals surface area (Å²) in [6, 6.07) is 18.3. The summed E-state index contributed by atoms with van der Waals surface area (Å²) in [5.41, 5.74) is 5.24. The van der Waals surface area contributed by atoms with Gasteiger partial charge in [-0.15, -0.1) is 5.10 Å². The number of imidazole rings is 1. The van der Waals surface area contributed by atoms with E-state index in [1.165, 1.54) is 5.56 Å². The molecule has 0 spiro atoms. The maximum absolute atomic E-state index is 4.69. The first-order valence-electron chi connectivity index (χ1n) is 8.35. The normalized spacial score (nSPS) is 10.9. The lowest BCUT2D eigenvalue weighted by atomic mass is 10.1. The van der Waals surface area contributed by atoms with E-state index in [1.54, 1.807) is 0 Å². The lowest BCUT2D eigenvalue weighted by Gasteiger charge is -2.07. The number of pyridine rings is 1. The minimum absolute atomic E-state index is 0.782. The zero-order valence-electron chi connectivity index (χ0n) is 14.1. The molecule has 4 rings (SSSR count). The van der Waals surface area contributed by atoms with E-state index in [4.69, 9.17) is 0 Å². The molecule has 1 N–H and O–H groups in total. The summed E-state index contributed by atoms with van der Waals surface area (Å²) in [7, 11) is 0. The van der Waals surface area contributed by atoms with Crippen molar-refractivity contribution in [3.8, 4) is 11.3 Å². The van der Waals surface area contributed by atoms with E-state index < -0.39 is 0 Å². The van der Waals surface area contributed by atoms with Crippen LogP contribution < -0.4 is 5.32 Å². The van der Waals surface area contributed by atoms with Crippen LogP contribution in [-0.4, -0.2) is 26.1 Å². The average molecular weight is 329 g/mol. The second-order valence-electron chi connectivity index (χ2n) is 6.00. The van der Waals surface area contributed by atoms with Crippen LogP contribution in [0.3, 0.4) is 0 Å². The fourth-order valence-corrected chi connectivity index (χ4v) is 2.75. The standard InChI is InChI=1S/C20H19N5/c1-15-5-7-16(8-6-15)18-14-23-20-10-9-19(24-25(18)20)22-13-11-17-4-2-3-12-21-17/h2-10,12,14H,11,13H2,1H3,(H,22,24). The van der Waals surface area contributed by atoms with Gasteiger partial charge in [0.15, 0.2) is 5.65 Å². The van der Waals surface area contributed by atoms with E-state index in [0.717, 1.165) is 41.4 Å². The number of nitrogens with one attached hydrogen (secondary N) is 1. The van der Waals surface area contributed by atoms with Gasteiger partial charge < -0.3 is 5.32 Å². The van der Waals surface area contributed by atoms with Gasteiger partial charge in [0.25, 0.3) is 0 Å². The molecule has 0 saturated heterocycles. The van der Waals surface area contributed by atoms with Crippen molar-refractivity contribution in [3.63, 3.8) is 0 Å². The number of hydrogen-bond donors (Lipinski definition) is 1. The monoisotopic (exact) mass is 329 g/mol. The summed E-state index contributed by atoms with van der Waals surface area (Å²) in [6.45, 7) is 2.87. The van der Waals surface area contributed by atoms with Crippen molar-refractivity contribution in [2.24, 2.45) is 0 Å². The van der Waals surface area contributed by atoms with Gasteiger partial charge in [0.05, 0.1) is 11.9 Å². The van der Waals surface area contributed by atoms with E-state index in [-0.39, 0.29) is 0 Å². The van der Waals surface area contributed by atoms with Gasteiger partial charge in [0.2, 0.25) is 0 Å². The molecule has 0 aliphatic carbocycles. The fourth-order valence-electron chi connectivity index (χ4n) is 2.75. The van der Waals surface area contributed by atoms with Crippen molar-refractivity contribution in [3.05, 3.63) is 78.2 Å². The molecule has 5 heteroatoms. The second kappa shape index (κ2) is 6.73. The quantitative estimate of drug-likeness (QED) is 0.606. The number of rotatable bonds is 5. The molecule has 124 valence electrons. The second-order valence-corrected chi connectivity index (χ2v) is 6.00. The molecule has 3 heterocycles. The number of hydrogen-bond acceptors (Lipinski definition) is 4. The summed E-state index contributed by atoms with van der Waals surface area (Å²) < 4.78 is 1.88. The molecule has 0 amide bonds. The van der Waals surface area contributed by atoms with E-state index >= 15 is 0 Å². The first-order chi connectivity index (χ1) is 12.3. The Morgan fingerprint density at radius 3 is 2.64 bits per heavy atom. The van der Waals surface area contributed by atoms with Crippen molar-refractivity contribution in [1.82, 2.24) is 19.6 Å². The van der Waals surface area contributed by atoms with Crippen LogP contribution in [0, 0.1) is 6.92 Å². The van der Waals surface area contributed by atoms with E-state index in [1.807, 2.05) is 47.2 Å². The van der Waals surface area contributed by atoms with Gasteiger partial charge in [-0.25, -0.2) is 9.50 Å². The molecule has 5 nitrogen and oxygen atoms in total. The van der Waals surface area contributed by atoms with Gasteiger partial charge in [-0.1, -0.05) is 35.9 Å². The molecule has 0 radical (unpaired) electrons. The van der Waals surface area contributed by atoms with Gasteiger partial charge in [0, 0.05) is 30.4 Å². The summed E-state index contributed by atoms with van der Waals surface area (Å²) in [5.74, 6) is 0.829. The van der Waals surface area contributed by atoms with Gasteiger partial charge in [-0.2, -0.15) is 0 Å². The minimum Gasteiger partial charge on any atom is -0.368 e. The molecular weight excluding hydrogens is 310 g/mol. The first kappa shape index (κ1) is 15.3. The van der Waals surface area contributed by atoms with Gasteiger partial charge in [-0.05, 0) is 31.2 Å². The van der Waals surface area contributed by atoms with Gasteiger partial charge in [0.1, 0.15) is 5.82 Å². The fraction of sp³-hybridized carbons (Fsp3) is 0.150. The largest absolute Gasteiger partial charge is 0.368 e. The van der Waals surface area contributed by atoms with Crippen molar-refractivity contribution >= 4 is 11.5 Å². The van der Waals surface area contributed by atoms with Crippen molar-refractivity contribution in [2.75, 3.05) is 11.9 Å². The zero-order valence-corrected chi connectivity index (χ0v) is 14.1. The van der Waals surface area contributed by atoms with Crippen LogP contribution in [0.1, 0.15) is 11.3 Å². The Balaban J connectivity index is 1.55. The molecule has 0 bridgehead atoms. The SMILES string of the molecule is Cc1ccc(-c2cnc3ccc(NCCc4ccccn4)nn23)cc1. The summed E-state index contributed by atoms with van der Waals surface area (Å²) in [4.78, 5) is 8.79. The number of aryl methyl sites for hydroxylation is 1. The number of anilines is 1. The highest BCUT2D eigenvalue weighted by Crippen LogP contribution is 2.21. The Bertz CT molecular complexity index is 974. The summed E-state index contributed by atoms with van der Waals surface area (Å²) in [6.07, 6.45) is 4.54. The lowest BCUT2D eigenvalue weighted by molar-refractivity contribution is 0.907. The van der Waals surface area contributed by atoms with Crippen LogP contribution >= 0.6 is 0 Å². The third kappa shape index (κ3) is 3.35. The van der Waals surface area contributed by atoms with E-state index in [9.17, 15) is 0 Å². The average Bonchev–Trinajstić information content (AvgIpc) is 3.07. The number of fused-ring (bicyclic) bond motifs is 1. The number of benzene rings is 1. The molecular formula is C20H19N5. The third-order valence-corrected chi connectivity index (χ3v) is 4.12. The van der Waals surface area contributed by atoms with Crippen molar-refractivity contribution < 1.29 is 0 Å². The Morgan fingerprint density at radius 1 is 0.960 bits per heavy atom. The van der Waals surface area contributed by atoms with Crippen LogP contribution in [-0.2, 0) is 6.42 Å². The molecule has 3 aromatic heterocycles. The van der Waals surface area contributed by atoms with Crippen LogP contribution in [0.25, 0.3) is 16.9 Å². The zero-order chi connectivity index (χ0) is 17.1. The number of nitrogens with zero attached hydrogens (tertiary/aromatic N) is 4. The van der Waals surface area contributed by atoms with Crippen LogP contribution in [0.15, 0.2) is 67.0 Å². The number of aromatic nitrogens is 4. The Hall–Kier alpha value is -3.21. The summed E-state index contributed by atoms with van der Waals surface area (Å²) >= 11 is 0. The predicted octanol–water partition coefficient (Wildman–Crippen LogP) is 3.75. The molecule has 0 atom stereocenters. The van der Waals surface area contributed by atoms with Crippen molar-refractivity contribution in [2.45, 2.75) is 13.3 Å². The van der Waals surface area contributed by atoms with Gasteiger partial charge in [-0.3, -0.25) is 4.98 Å². The highest BCUT2D eigenvalue weighted by molar-refractivity contribution is 5.63. The first-order valence-corrected chi connectivity index (χ1v) is 8.35. The van der Waals surface area contributed by atoms with Crippen LogP contribution in [0.2, 0.25) is 0 Å². The molecule has 0 unspecified atom stereocenters. The van der Waals surface area contributed by atoms with Crippen LogP contribution in [0.5, 0.6) is 0 Å². The molecule has 25 heavy (non-hydrogen) atoms. The predicted molar refractivity (Wildman–Crippen MR) is 99.6 cm³/mol. The third-order valence-electron chi connectivity index (χ3n) is 4.12. The Labute approximate surface area is 146 Å². The molecule has 1 aromatic carbocycles. The van der Waals surface area contributed by atoms with Crippen LogP contribution in [0.4, 0.5) is 5.82 Å². The molecule has 0 saturated carbocycles. The van der Waals surface area contributed by atoms with E-state index in [0.29, 0.717) is 0 Å². The maximum atomic E-state index is 4.69. The summed E-state index contributed by atoms with van der Waals surface area (Å²) in [5, 5.41) is 8.05. The van der Waals surface area contributed by atoms with E-state index in [2.05, 4.69) is 51.6 Å².